The SMILES string of the molecule is c1ccc(-c2nc(-c3ccc(-c4cccc5ccccc45)cc3)nc(-c3c4nc(-c5ccccc5)oc4cc4oc5ccccc5c34)n2)cc1. The number of para-hydroxylation sites is 1. The third-order valence-electron chi connectivity index (χ3n) is 9.18. The molecule has 0 saturated carbocycles. The van der Waals surface area contributed by atoms with E-state index >= 15 is 0 Å². The molecule has 0 aliphatic heterocycles. The number of furan rings is 1. The standard InChI is InChI=1S/C44H26N4O2/c1-3-13-29(14-4-1)41-46-42(30-24-22-28(23-25-30)33-20-11-17-27-12-7-8-18-32(27)33)48-43(47-41)39-38-34-19-9-10-21-35(34)49-36(38)26-37-40(39)45-44(50-37)31-15-5-2-6-16-31/h1-26H. The molecule has 7 aromatic carbocycles. The summed E-state index contributed by atoms with van der Waals surface area (Å²) in [5, 5.41) is 4.25. The predicted octanol–water partition coefficient (Wildman–Crippen LogP) is 11.4. The Morgan fingerprint density at radius 1 is 0.380 bits per heavy atom. The van der Waals surface area contributed by atoms with Crippen LogP contribution in [-0.2, 0) is 0 Å². The van der Waals surface area contributed by atoms with Gasteiger partial charge in [0.15, 0.2) is 23.1 Å². The number of rotatable bonds is 5. The van der Waals surface area contributed by atoms with Crippen molar-refractivity contribution in [3.63, 3.8) is 0 Å². The van der Waals surface area contributed by atoms with Gasteiger partial charge in [-0.15, -0.1) is 0 Å². The van der Waals surface area contributed by atoms with E-state index in [4.69, 9.17) is 28.8 Å². The number of fused-ring (bicyclic) bond motifs is 5. The van der Waals surface area contributed by atoms with Crippen LogP contribution >= 0.6 is 0 Å². The Morgan fingerprint density at radius 2 is 0.980 bits per heavy atom. The first kappa shape index (κ1) is 28.1. The molecular weight excluding hydrogens is 617 g/mol. The average Bonchev–Trinajstić information content (AvgIpc) is 3.79. The molecule has 0 saturated heterocycles. The molecule has 0 amide bonds. The van der Waals surface area contributed by atoms with Crippen molar-refractivity contribution in [1.29, 1.82) is 0 Å². The maximum absolute atomic E-state index is 6.39. The summed E-state index contributed by atoms with van der Waals surface area (Å²) in [5.41, 5.74) is 8.36. The van der Waals surface area contributed by atoms with Crippen molar-refractivity contribution in [2.45, 2.75) is 0 Å². The lowest BCUT2D eigenvalue weighted by Crippen LogP contribution is -2.01. The molecule has 10 rings (SSSR count). The highest BCUT2D eigenvalue weighted by Crippen LogP contribution is 2.42. The Labute approximate surface area is 286 Å². The van der Waals surface area contributed by atoms with Crippen molar-refractivity contribution in [2.24, 2.45) is 0 Å². The Morgan fingerprint density at radius 3 is 1.76 bits per heavy atom. The Balaban J connectivity index is 1.21. The van der Waals surface area contributed by atoms with Gasteiger partial charge in [-0.05, 0) is 40.1 Å². The van der Waals surface area contributed by atoms with Gasteiger partial charge < -0.3 is 8.83 Å². The highest BCUT2D eigenvalue weighted by Gasteiger charge is 2.24. The van der Waals surface area contributed by atoms with Crippen LogP contribution < -0.4 is 0 Å². The van der Waals surface area contributed by atoms with Gasteiger partial charge in [-0.3, -0.25) is 0 Å². The van der Waals surface area contributed by atoms with Crippen molar-refractivity contribution >= 4 is 43.8 Å². The number of hydrogen-bond donors (Lipinski definition) is 0. The van der Waals surface area contributed by atoms with E-state index in [1.807, 2.05) is 84.9 Å². The van der Waals surface area contributed by atoms with Gasteiger partial charge >= 0.3 is 0 Å². The molecule has 3 heterocycles. The fourth-order valence-corrected chi connectivity index (χ4v) is 6.80. The minimum absolute atomic E-state index is 0.488. The molecule has 0 radical (unpaired) electrons. The molecule has 10 aromatic rings. The highest BCUT2D eigenvalue weighted by atomic mass is 16.4. The van der Waals surface area contributed by atoms with Crippen molar-refractivity contribution in [3.05, 3.63) is 158 Å². The van der Waals surface area contributed by atoms with Crippen LogP contribution in [0, 0.1) is 0 Å². The second kappa shape index (κ2) is 11.4. The Bertz CT molecular complexity index is 2850. The molecule has 50 heavy (non-hydrogen) atoms. The molecule has 234 valence electrons. The zero-order chi connectivity index (χ0) is 33.0. The zero-order valence-electron chi connectivity index (χ0n) is 26.6. The van der Waals surface area contributed by atoms with E-state index in [0.717, 1.165) is 44.2 Å². The van der Waals surface area contributed by atoms with E-state index in [9.17, 15) is 0 Å². The molecule has 6 nitrogen and oxygen atoms in total. The van der Waals surface area contributed by atoms with Crippen LogP contribution in [0.5, 0.6) is 0 Å². The Hall–Kier alpha value is -6.92. The minimum Gasteiger partial charge on any atom is -0.456 e. The van der Waals surface area contributed by atoms with Gasteiger partial charge in [0.1, 0.15) is 16.7 Å². The molecule has 6 heteroatoms. The van der Waals surface area contributed by atoms with Gasteiger partial charge in [0.25, 0.3) is 0 Å². The molecular formula is C44H26N4O2. The minimum atomic E-state index is 0.488. The van der Waals surface area contributed by atoms with Crippen LogP contribution in [-0.4, -0.2) is 19.9 Å². The first-order chi connectivity index (χ1) is 24.8. The van der Waals surface area contributed by atoms with E-state index in [1.54, 1.807) is 0 Å². The van der Waals surface area contributed by atoms with Crippen LogP contribution in [0.4, 0.5) is 0 Å². The predicted molar refractivity (Wildman–Crippen MR) is 199 cm³/mol. The molecule has 0 aliphatic rings. The molecule has 0 spiro atoms. The lowest BCUT2D eigenvalue weighted by atomic mass is 9.97. The maximum Gasteiger partial charge on any atom is 0.227 e. The van der Waals surface area contributed by atoms with Gasteiger partial charge in [0.2, 0.25) is 5.89 Å². The smallest absolute Gasteiger partial charge is 0.227 e. The molecule has 0 unspecified atom stereocenters. The summed E-state index contributed by atoms with van der Waals surface area (Å²) < 4.78 is 12.8. The number of nitrogens with zero attached hydrogens (tertiary/aromatic N) is 4. The van der Waals surface area contributed by atoms with E-state index in [2.05, 4.69) is 72.8 Å². The number of oxazole rings is 1. The van der Waals surface area contributed by atoms with Crippen LogP contribution in [0.15, 0.2) is 167 Å². The second-order valence-electron chi connectivity index (χ2n) is 12.2. The first-order valence-electron chi connectivity index (χ1n) is 16.5. The monoisotopic (exact) mass is 642 g/mol. The molecule has 0 aliphatic carbocycles. The normalized spacial score (nSPS) is 11.6. The molecule has 0 bridgehead atoms. The Kier molecular flexibility index (Phi) is 6.39. The molecule has 0 N–H and O–H groups in total. The molecule has 0 fully saturated rings. The number of aromatic nitrogens is 4. The summed E-state index contributed by atoms with van der Waals surface area (Å²) in [7, 11) is 0. The van der Waals surface area contributed by atoms with Gasteiger partial charge in [0, 0.05) is 33.5 Å². The van der Waals surface area contributed by atoms with E-state index in [-0.39, 0.29) is 0 Å². The highest BCUT2D eigenvalue weighted by molar-refractivity contribution is 6.18. The van der Waals surface area contributed by atoms with Gasteiger partial charge in [-0.1, -0.05) is 133 Å². The largest absolute Gasteiger partial charge is 0.456 e. The fourth-order valence-electron chi connectivity index (χ4n) is 6.80. The third-order valence-corrected chi connectivity index (χ3v) is 9.18. The lowest BCUT2D eigenvalue weighted by Gasteiger charge is -2.11. The van der Waals surface area contributed by atoms with Crippen molar-refractivity contribution in [3.8, 4) is 56.7 Å². The fraction of sp³-hybridized carbons (Fsp3) is 0. The van der Waals surface area contributed by atoms with E-state index in [0.29, 0.717) is 40.0 Å². The lowest BCUT2D eigenvalue weighted by molar-refractivity contribution is 0.617. The molecule has 3 aromatic heterocycles. The van der Waals surface area contributed by atoms with Crippen LogP contribution in [0.2, 0.25) is 0 Å². The van der Waals surface area contributed by atoms with Gasteiger partial charge in [-0.25, -0.2) is 19.9 Å². The summed E-state index contributed by atoms with van der Waals surface area (Å²) in [6, 6.07) is 53.1. The van der Waals surface area contributed by atoms with E-state index < -0.39 is 0 Å². The summed E-state index contributed by atoms with van der Waals surface area (Å²) in [6.45, 7) is 0. The summed E-state index contributed by atoms with van der Waals surface area (Å²) in [5.74, 6) is 2.12. The summed E-state index contributed by atoms with van der Waals surface area (Å²) in [4.78, 5) is 20.4. The number of hydrogen-bond acceptors (Lipinski definition) is 6. The third kappa shape index (κ3) is 4.65. The van der Waals surface area contributed by atoms with Crippen molar-refractivity contribution < 1.29 is 8.83 Å². The quantitative estimate of drug-likeness (QED) is 0.186. The van der Waals surface area contributed by atoms with Gasteiger partial charge in [-0.2, -0.15) is 0 Å². The topological polar surface area (TPSA) is 77.8 Å². The van der Waals surface area contributed by atoms with E-state index in [1.165, 1.54) is 16.3 Å². The average molecular weight is 643 g/mol. The zero-order valence-corrected chi connectivity index (χ0v) is 26.6. The number of benzene rings is 7. The second-order valence-corrected chi connectivity index (χ2v) is 12.2. The summed E-state index contributed by atoms with van der Waals surface area (Å²) in [6.07, 6.45) is 0. The first-order valence-corrected chi connectivity index (χ1v) is 16.5. The van der Waals surface area contributed by atoms with Crippen molar-refractivity contribution in [1.82, 2.24) is 19.9 Å². The summed E-state index contributed by atoms with van der Waals surface area (Å²) >= 11 is 0. The van der Waals surface area contributed by atoms with Crippen molar-refractivity contribution in [2.75, 3.05) is 0 Å². The van der Waals surface area contributed by atoms with Crippen LogP contribution in [0.25, 0.3) is 101 Å². The van der Waals surface area contributed by atoms with Crippen LogP contribution in [0.3, 0.4) is 0 Å². The van der Waals surface area contributed by atoms with Crippen LogP contribution in [0.1, 0.15) is 0 Å². The van der Waals surface area contributed by atoms with Gasteiger partial charge in [0.05, 0.1) is 5.56 Å². The molecule has 0 atom stereocenters. The maximum atomic E-state index is 6.39.